The molecular formula is C13H14FNOS. The lowest BCUT2D eigenvalue weighted by Gasteiger charge is -2.13. The molecule has 0 fully saturated rings. The fourth-order valence-corrected chi connectivity index (χ4v) is 2.59. The maximum Gasteiger partial charge on any atom is 0.136 e. The van der Waals surface area contributed by atoms with Gasteiger partial charge in [0.25, 0.3) is 0 Å². The number of benzene rings is 1. The van der Waals surface area contributed by atoms with Crippen LogP contribution in [0.15, 0.2) is 52.0 Å². The summed E-state index contributed by atoms with van der Waals surface area (Å²) in [6, 6.07) is 10.7. The van der Waals surface area contributed by atoms with Gasteiger partial charge in [0.15, 0.2) is 0 Å². The molecular weight excluding hydrogens is 237 g/mol. The summed E-state index contributed by atoms with van der Waals surface area (Å²) in [6.45, 7) is 0. The van der Waals surface area contributed by atoms with Crippen molar-refractivity contribution in [1.29, 1.82) is 0 Å². The summed E-state index contributed by atoms with van der Waals surface area (Å²) in [5.74, 6) is 1.42. The highest BCUT2D eigenvalue weighted by Crippen LogP contribution is 2.26. The summed E-state index contributed by atoms with van der Waals surface area (Å²) in [4.78, 5) is 0.666. The van der Waals surface area contributed by atoms with Gasteiger partial charge in [-0.15, -0.1) is 11.8 Å². The number of halogens is 1. The van der Waals surface area contributed by atoms with Gasteiger partial charge in [-0.3, -0.25) is 0 Å². The molecule has 1 aromatic heterocycles. The molecule has 0 aliphatic carbocycles. The standard InChI is InChI=1S/C13H14FNOS/c1-15-11(12-6-4-8-16-12)9-17-13-7-3-2-5-10(13)14/h2-8,11,15H,9H2,1H3. The third-order valence-corrected chi connectivity index (χ3v) is 3.62. The van der Waals surface area contributed by atoms with Gasteiger partial charge in [0.05, 0.1) is 12.3 Å². The summed E-state index contributed by atoms with van der Waals surface area (Å²) in [5, 5.41) is 3.16. The second-order valence-electron chi connectivity index (χ2n) is 3.60. The van der Waals surface area contributed by atoms with Crippen LogP contribution in [0.4, 0.5) is 4.39 Å². The first-order valence-electron chi connectivity index (χ1n) is 5.39. The van der Waals surface area contributed by atoms with E-state index in [0.29, 0.717) is 4.90 Å². The highest BCUT2D eigenvalue weighted by atomic mass is 32.2. The number of thioether (sulfide) groups is 1. The summed E-state index contributed by atoms with van der Waals surface area (Å²) in [6.07, 6.45) is 1.65. The monoisotopic (exact) mass is 251 g/mol. The van der Waals surface area contributed by atoms with Crippen molar-refractivity contribution in [2.75, 3.05) is 12.8 Å². The second kappa shape index (κ2) is 5.89. The largest absolute Gasteiger partial charge is 0.468 e. The predicted octanol–water partition coefficient (Wildman–Crippen LogP) is 3.47. The van der Waals surface area contributed by atoms with E-state index in [4.69, 9.17) is 4.42 Å². The first-order valence-corrected chi connectivity index (χ1v) is 6.38. The number of furan rings is 1. The van der Waals surface area contributed by atoms with E-state index in [0.717, 1.165) is 11.5 Å². The Morgan fingerprint density at radius 3 is 2.76 bits per heavy atom. The molecule has 1 atom stereocenters. The highest BCUT2D eigenvalue weighted by molar-refractivity contribution is 7.99. The van der Waals surface area contributed by atoms with Crippen molar-refractivity contribution in [3.8, 4) is 0 Å². The van der Waals surface area contributed by atoms with Gasteiger partial charge in [0.1, 0.15) is 11.6 Å². The molecule has 0 spiro atoms. The van der Waals surface area contributed by atoms with Crippen LogP contribution in [0, 0.1) is 5.82 Å². The van der Waals surface area contributed by atoms with Crippen LogP contribution in [0.3, 0.4) is 0 Å². The molecule has 0 saturated heterocycles. The summed E-state index contributed by atoms with van der Waals surface area (Å²) < 4.78 is 18.8. The number of hydrogen-bond acceptors (Lipinski definition) is 3. The molecule has 90 valence electrons. The van der Waals surface area contributed by atoms with E-state index in [1.54, 1.807) is 18.4 Å². The Labute approximate surface area is 104 Å². The minimum absolute atomic E-state index is 0.0922. The van der Waals surface area contributed by atoms with Crippen LogP contribution in [0.1, 0.15) is 11.8 Å². The summed E-state index contributed by atoms with van der Waals surface area (Å²) >= 11 is 1.48. The Kier molecular flexibility index (Phi) is 4.23. The molecule has 4 heteroatoms. The van der Waals surface area contributed by atoms with Crippen LogP contribution < -0.4 is 5.32 Å². The number of nitrogens with one attached hydrogen (secondary N) is 1. The van der Waals surface area contributed by atoms with Crippen LogP contribution in [-0.2, 0) is 0 Å². The summed E-state index contributed by atoms with van der Waals surface area (Å²) in [7, 11) is 1.87. The van der Waals surface area contributed by atoms with Crippen LogP contribution in [0.25, 0.3) is 0 Å². The Balaban J connectivity index is 2.00. The Morgan fingerprint density at radius 2 is 2.12 bits per heavy atom. The molecule has 2 nitrogen and oxygen atoms in total. The van der Waals surface area contributed by atoms with E-state index in [1.165, 1.54) is 17.8 Å². The molecule has 1 aromatic carbocycles. The van der Waals surface area contributed by atoms with Gasteiger partial charge in [-0.05, 0) is 31.3 Å². The smallest absolute Gasteiger partial charge is 0.136 e. The normalized spacial score (nSPS) is 12.6. The lowest BCUT2D eigenvalue weighted by Crippen LogP contribution is -2.18. The van der Waals surface area contributed by atoms with E-state index in [1.807, 2.05) is 25.2 Å². The fraction of sp³-hybridized carbons (Fsp3) is 0.231. The van der Waals surface area contributed by atoms with Crippen molar-refractivity contribution in [3.63, 3.8) is 0 Å². The summed E-state index contributed by atoms with van der Waals surface area (Å²) in [5.41, 5.74) is 0. The van der Waals surface area contributed by atoms with Gasteiger partial charge >= 0.3 is 0 Å². The van der Waals surface area contributed by atoms with Crippen molar-refractivity contribution in [2.45, 2.75) is 10.9 Å². The molecule has 1 N–H and O–H groups in total. The molecule has 1 heterocycles. The molecule has 17 heavy (non-hydrogen) atoms. The molecule has 0 aliphatic rings. The SMILES string of the molecule is CNC(CSc1ccccc1F)c1ccco1. The predicted molar refractivity (Wildman–Crippen MR) is 67.6 cm³/mol. The third kappa shape index (κ3) is 3.11. The maximum absolute atomic E-state index is 13.4. The van der Waals surface area contributed by atoms with E-state index >= 15 is 0 Å². The van der Waals surface area contributed by atoms with E-state index < -0.39 is 0 Å². The van der Waals surface area contributed by atoms with Crippen molar-refractivity contribution in [2.24, 2.45) is 0 Å². The Morgan fingerprint density at radius 1 is 1.29 bits per heavy atom. The van der Waals surface area contributed by atoms with Crippen LogP contribution >= 0.6 is 11.8 Å². The van der Waals surface area contributed by atoms with Gasteiger partial charge < -0.3 is 9.73 Å². The van der Waals surface area contributed by atoms with Crippen molar-refractivity contribution in [1.82, 2.24) is 5.32 Å². The van der Waals surface area contributed by atoms with E-state index in [-0.39, 0.29) is 11.9 Å². The van der Waals surface area contributed by atoms with Gasteiger partial charge in [-0.25, -0.2) is 4.39 Å². The minimum Gasteiger partial charge on any atom is -0.468 e. The lowest BCUT2D eigenvalue weighted by atomic mass is 10.2. The molecule has 0 aliphatic heterocycles. The first-order chi connectivity index (χ1) is 8.31. The maximum atomic E-state index is 13.4. The molecule has 2 rings (SSSR count). The van der Waals surface area contributed by atoms with Gasteiger partial charge in [-0.1, -0.05) is 12.1 Å². The topological polar surface area (TPSA) is 25.2 Å². The molecule has 1 unspecified atom stereocenters. The average Bonchev–Trinajstić information content (AvgIpc) is 2.86. The zero-order valence-electron chi connectivity index (χ0n) is 9.52. The zero-order valence-corrected chi connectivity index (χ0v) is 10.3. The Bertz CT molecular complexity index is 458. The van der Waals surface area contributed by atoms with Gasteiger partial charge in [0, 0.05) is 10.6 Å². The van der Waals surface area contributed by atoms with Crippen LogP contribution in [-0.4, -0.2) is 12.8 Å². The van der Waals surface area contributed by atoms with E-state index in [2.05, 4.69) is 5.32 Å². The van der Waals surface area contributed by atoms with Crippen LogP contribution in [0.5, 0.6) is 0 Å². The lowest BCUT2D eigenvalue weighted by molar-refractivity contribution is 0.452. The zero-order chi connectivity index (χ0) is 12.1. The average molecular weight is 251 g/mol. The molecule has 2 aromatic rings. The minimum atomic E-state index is -0.174. The number of hydrogen-bond donors (Lipinski definition) is 1. The molecule has 0 amide bonds. The first kappa shape index (κ1) is 12.2. The quantitative estimate of drug-likeness (QED) is 0.824. The molecule has 0 saturated carbocycles. The van der Waals surface area contributed by atoms with Crippen molar-refractivity contribution < 1.29 is 8.81 Å². The van der Waals surface area contributed by atoms with Crippen LogP contribution in [0.2, 0.25) is 0 Å². The van der Waals surface area contributed by atoms with E-state index in [9.17, 15) is 4.39 Å². The molecule has 0 radical (unpaired) electrons. The van der Waals surface area contributed by atoms with Crippen molar-refractivity contribution >= 4 is 11.8 Å². The second-order valence-corrected chi connectivity index (χ2v) is 4.66. The van der Waals surface area contributed by atoms with Gasteiger partial charge in [0.2, 0.25) is 0 Å². The highest BCUT2D eigenvalue weighted by Gasteiger charge is 2.13. The Hall–Kier alpha value is -1.26. The third-order valence-electron chi connectivity index (χ3n) is 2.48. The number of rotatable bonds is 5. The van der Waals surface area contributed by atoms with Crippen molar-refractivity contribution in [3.05, 3.63) is 54.2 Å². The fourth-order valence-electron chi connectivity index (χ4n) is 1.53. The van der Waals surface area contributed by atoms with Gasteiger partial charge in [-0.2, -0.15) is 0 Å². The molecule has 0 bridgehead atoms.